The van der Waals surface area contributed by atoms with Gasteiger partial charge in [0.1, 0.15) is 0 Å². The van der Waals surface area contributed by atoms with Gasteiger partial charge >= 0.3 is 0 Å². The van der Waals surface area contributed by atoms with E-state index in [1.54, 1.807) is 6.33 Å². The van der Waals surface area contributed by atoms with E-state index in [-0.39, 0.29) is 11.0 Å². The maximum atomic E-state index is 6.12. The van der Waals surface area contributed by atoms with Crippen LogP contribution in [0.1, 0.15) is 32.3 Å². The molecule has 1 aromatic carbocycles. The molecular formula is C15H21N3O. The summed E-state index contributed by atoms with van der Waals surface area (Å²) in [6.45, 7) is 5.75. The Morgan fingerprint density at radius 3 is 2.84 bits per heavy atom. The quantitative estimate of drug-likeness (QED) is 0.886. The number of benzene rings is 1. The molecule has 102 valence electrons. The molecule has 1 fully saturated rings. The lowest BCUT2D eigenvalue weighted by atomic mass is 9.73. The first-order valence-corrected chi connectivity index (χ1v) is 6.79. The van der Waals surface area contributed by atoms with Crippen molar-refractivity contribution in [2.75, 3.05) is 13.2 Å². The summed E-state index contributed by atoms with van der Waals surface area (Å²) in [5.41, 5.74) is 9.57. The van der Waals surface area contributed by atoms with Crippen LogP contribution in [0, 0.1) is 0 Å². The molecule has 0 atom stereocenters. The topological polar surface area (TPSA) is 63.9 Å². The molecule has 0 bridgehead atoms. The van der Waals surface area contributed by atoms with E-state index in [1.807, 2.05) is 0 Å². The summed E-state index contributed by atoms with van der Waals surface area (Å²) in [4.78, 5) is 7.44. The van der Waals surface area contributed by atoms with E-state index >= 15 is 0 Å². The van der Waals surface area contributed by atoms with Gasteiger partial charge in [-0.15, -0.1) is 0 Å². The fourth-order valence-corrected chi connectivity index (χ4v) is 2.63. The summed E-state index contributed by atoms with van der Waals surface area (Å²) in [7, 11) is 0. The average molecular weight is 259 g/mol. The van der Waals surface area contributed by atoms with Crippen molar-refractivity contribution >= 4 is 11.0 Å². The number of nitrogens with two attached hydrogens (primary N) is 1. The molecule has 4 heteroatoms. The smallest absolute Gasteiger partial charge is 0.0931 e. The largest absolute Gasteiger partial charge is 0.379 e. The molecule has 3 N–H and O–H groups in total. The zero-order valence-electron chi connectivity index (χ0n) is 11.6. The lowest BCUT2D eigenvalue weighted by Crippen LogP contribution is -2.48. The maximum Gasteiger partial charge on any atom is 0.0931 e. The normalized spacial score (nSPS) is 18.5. The number of H-pyrrole nitrogens is 1. The molecular weight excluding hydrogens is 238 g/mol. The molecule has 1 aromatic heterocycles. The number of nitrogens with one attached hydrogen (secondary N) is 1. The number of aromatic amines is 1. The second-order valence-electron chi connectivity index (χ2n) is 6.40. The van der Waals surface area contributed by atoms with Crippen LogP contribution in [-0.2, 0) is 10.2 Å². The summed E-state index contributed by atoms with van der Waals surface area (Å²) in [6, 6.07) is 6.46. The van der Waals surface area contributed by atoms with E-state index < -0.39 is 0 Å². The van der Waals surface area contributed by atoms with Gasteiger partial charge in [-0.1, -0.05) is 6.07 Å². The number of imidazole rings is 1. The van der Waals surface area contributed by atoms with E-state index in [0.717, 1.165) is 37.1 Å². The Labute approximate surface area is 113 Å². The third-order valence-electron chi connectivity index (χ3n) is 4.04. The predicted octanol–water partition coefficient (Wildman–Crippen LogP) is 2.35. The van der Waals surface area contributed by atoms with E-state index in [9.17, 15) is 0 Å². The standard InChI is InChI=1S/C15H21N3O/c1-14(2,16)5-6-15(8-19-9-15)11-3-4-12-13(7-11)18-10-17-12/h3-4,7,10H,5-6,8-9,16H2,1-2H3,(H,17,18). The lowest BCUT2D eigenvalue weighted by Gasteiger charge is -2.43. The van der Waals surface area contributed by atoms with E-state index in [2.05, 4.69) is 42.0 Å². The van der Waals surface area contributed by atoms with Crippen LogP contribution in [0.5, 0.6) is 0 Å². The Morgan fingerprint density at radius 2 is 2.21 bits per heavy atom. The van der Waals surface area contributed by atoms with Gasteiger partial charge in [-0.3, -0.25) is 0 Å². The first-order valence-electron chi connectivity index (χ1n) is 6.79. The minimum atomic E-state index is -0.124. The van der Waals surface area contributed by atoms with Gasteiger partial charge in [0.2, 0.25) is 0 Å². The third-order valence-corrected chi connectivity index (χ3v) is 4.04. The van der Waals surface area contributed by atoms with Gasteiger partial charge in [0.25, 0.3) is 0 Å². The second-order valence-corrected chi connectivity index (χ2v) is 6.40. The van der Waals surface area contributed by atoms with Crippen LogP contribution >= 0.6 is 0 Å². The van der Waals surface area contributed by atoms with Crippen LogP contribution < -0.4 is 5.73 Å². The highest BCUT2D eigenvalue weighted by molar-refractivity contribution is 5.75. The molecule has 1 aliphatic heterocycles. The fourth-order valence-electron chi connectivity index (χ4n) is 2.63. The molecule has 2 heterocycles. The number of hydrogen-bond acceptors (Lipinski definition) is 3. The van der Waals surface area contributed by atoms with Crippen molar-refractivity contribution in [2.45, 2.75) is 37.6 Å². The van der Waals surface area contributed by atoms with Crippen LogP contribution in [0.15, 0.2) is 24.5 Å². The fraction of sp³-hybridized carbons (Fsp3) is 0.533. The molecule has 3 rings (SSSR count). The molecule has 0 amide bonds. The Kier molecular flexibility index (Phi) is 2.87. The number of hydrogen-bond donors (Lipinski definition) is 2. The Hall–Kier alpha value is -1.39. The predicted molar refractivity (Wildman–Crippen MR) is 76.1 cm³/mol. The van der Waals surface area contributed by atoms with Crippen LogP contribution in [0.25, 0.3) is 11.0 Å². The molecule has 2 aromatic rings. The van der Waals surface area contributed by atoms with E-state index in [4.69, 9.17) is 10.5 Å². The molecule has 0 aliphatic carbocycles. The highest BCUT2D eigenvalue weighted by Crippen LogP contribution is 2.38. The molecule has 0 saturated carbocycles. The van der Waals surface area contributed by atoms with E-state index in [1.165, 1.54) is 5.56 Å². The van der Waals surface area contributed by atoms with Gasteiger partial charge in [0.15, 0.2) is 0 Å². The maximum absolute atomic E-state index is 6.12. The summed E-state index contributed by atoms with van der Waals surface area (Å²) in [5.74, 6) is 0. The minimum absolute atomic E-state index is 0.124. The van der Waals surface area contributed by atoms with Crippen molar-refractivity contribution in [3.63, 3.8) is 0 Å². The lowest BCUT2D eigenvalue weighted by molar-refractivity contribution is -0.0668. The molecule has 1 saturated heterocycles. The van der Waals surface area contributed by atoms with Crippen LogP contribution in [-0.4, -0.2) is 28.7 Å². The van der Waals surface area contributed by atoms with Crippen LogP contribution in [0.3, 0.4) is 0 Å². The SMILES string of the molecule is CC(C)(N)CCC1(c2ccc3nc[nH]c3c2)COC1. The number of nitrogens with zero attached hydrogens (tertiary/aromatic N) is 1. The monoisotopic (exact) mass is 259 g/mol. The van der Waals surface area contributed by atoms with Crippen LogP contribution in [0.2, 0.25) is 0 Å². The van der Waals surface area contributed by atoms with Gasteiger partial charge in [-0.2, -0.15) is 0 Å². The van der Waals surface area contributed by atoms with Crippen molar-refractivity contribution < 1.29 is 4.74 Å². The summed E-state index contributed by atoms with van der Waals surface area (Å²) >= 11 is 0. The number of rotatable bonds is 4. The van der Waals surface area contributed by atoms with Crippen molar-refractivity contribution in [1.29, 1.82) is 0 Å². The van der Waals surface area contributed by atoms with Gasteiger partial charge in [-0.05, 0) is 44.4 Å². The van der Waals surface area contributed by atoms with Crippen molar-refractivity contribution in [3.8, 4) is 0 Å². The third kappa shape index (κ3) is 2.38. The van der Waals surface area contributed by atoms with Crippen molar-refractivity contribution in [2.24, 2.45) is 5.73 Å². The zero-order chi connectivity index (χ0) is 13.5. The van der Waals surface area contributed by atoms with Crippen LogP contribution in [0.4, 0.5) is 0 Å². The number of aromatic nitrogens is 2. The van der Waals surface area contributed by atoms with Gasteiger partial charge < -0.3 is 15.5 Å². The zero-order valence-corrected chi connectivity index (χ0v) is 11.6. The summed E-state index contributed by atoms with van der Waals surface area (Å²) in [5, 5.41) is 0. The average Bonchev–Trinajstić information content (AvgIpc) is 2.73. The molecule has 4 nitrogen and oxygen atoms in total. The molecule has 0 radical (unpaired) electrons. The van der Waals surface area contributed by atoms with Gasteiger partial charge in [0, 0.05) is 11.0 Å². The highest BCUT2D eigenvalue weighted by Gasteiger charge is 2.40. The summed E-state index contributed by atoms with van der Waals surface area (Å²) in [6.07, 6.45) is 3.80. The Morgan fingerprint density at radius 1 is 1.42 bits per heavy atom. The summed E-state index contributed by atoms with van der Waals surface area (Å²) < 4.78 is 5.48. The Balaban J connectivity index is 1.88. The van der Waals surface area contributed by atoms with Crippen molar-refractivity contribution in [1.82, 2.24) is 9.97 Å². The van der Waals surface area contributed by atoms with E-state index in [0.29, 0.717) is 0 Å². The molecule has 0 spiro atoms. The van der Waals surface area contributed by atoms with Crippen molar-refractivity contribution in [3.05, 3.63) is 30.1 Å². The molecule has 1 aliphatic rings. The van der Waals surface area contributed by atoms with Gasteiger partial charge in [0.05, 0.1) is 30.6 Å². The van der Waals surface area contributed by atoms with Gasteiger partial charge in [-0.25, -0.2) is 4.98 Å². The Bertz CT molecular complexity index is 578. The first kappa shape index (κ1) is 12.6. The number of ether oxygens (including phenoxy) is 1. The highest BCUT2D eigenvalue weighted by atomic mass is 16.5. The second kappa shape index (κ2) is 4.32. The minimum Gasteiger partial charge on any atom is -0.379 e. The first-order chi connectivity index (χ1) is 8.99. The molecule has 0 unspecified atom stereocenters. The molecule has 19 heavy (non-hydrogen) atoms. The number of fused-ring (bicyclic) bond motifs is 1.